The van der Waals surface area contributed by atoms with E-state index in [1.165, 1.54) is 6.92 Å². The van der Waals surface area contributed by atoms with Gasteiger partial charge in [0, 0.05) is 11.4 Å². The van der Waals surface area contributed by atoms with Crippen LogP contribution in [0.3, 0.4) is 0 Å². The zero-order valence-electron chi connectivity index (χ0n) is 9.31. The van der Waals surface area contributed by atoms with Gasteiger partial charge in [0.15, 0.2) is 0 Å². The average Bonchev–Trinajstić information content (AvgIpc) is 2.29. The third-order valence-corrected chi connectivity index (χ3v) is 2.97. The molecule has 0 aliphatic heterocycles. The van der Waals surface area contributed by atoms with E-state index in [1.54, 1.807) is 6.07 Å². The van der Waals surface area contributed by atoms with Gasteiger partial charge in [0.25, 0.3) is 0 Å². The third kappa shape index (κ3) is 2.94. The minimum Gasteiger partial charge on any atom is -0.427 e. The lowest BCUT2D eigenvalue weighted by atomic mass is 10.1. The molecular weight excluding hydrogens is 280 g/mol. The Morgan fingerprint density at radius 3 is 2.59 bits per heavy atom. The van der Waals surface area contributed by atoms with Gasteiger partial charge in [0.1, 0.15) is 5.75 Å². The number of benzene rings is 2. The molecule has 0 saturated carbocycles. The predicted molar refractivity (Wildman–Crippen MR) is 70.9 cm³/mol. The van der Waals surface area contributed by atoms with E-state index in [1.807, 2.05) is 42.5 Å². The van der Waals surface area contributed by atoms with Crippen molar-refractivity contribution in [1.29, 1.82) is 0 Å². The van der Waals surface area contributed by atoms with Gasteiger partial charge in [0.2, 0.25) is 0 Å². The molecule has 0 saturated heterocycles. The van der Waals surface area contributed by atoms with Crippen LogP contribution >= 0.6 is 15.9 Å². The van der Waals surface area contributed by atoms with E-state index >= 15 is 0 Å². The summed E-state index contributed by atoms with van der Waals surface area (Å²) in [6.45, 7) is 1.39. The van der Waals surface area contributed by atoms with E-state index in [9.17, 15) is 4.79 Å². The van der Waals surface area contributed by atoms with Crippen LogP contribution in [0.4, 0.5) is 0 Å². The van der Waals surface area contributed by atoms with Gasteiger partial charge in [-0.1, -0.05) is 46.3 Å². The number of rotatable bonds is 2. The molecule has 0 N–H and O–H groups in total. The normalized spacial score (nSPS) is 10.0. The Morgan fingerprint density at radius 2 is 1.88 bits per heavy atom. The molecule has 0 bridgehead atoms. The molecule has 0 unspecified atom stereocenters. The van der Waals surface area contributed by atoms with Gasteiger partial charge in [-0.15, -0.1) is 0 Å². The van der Waals surface area contributed by atoms with Crippen LogP contribution in [0.1, 0.15) is 6.92 Å². The zero-order chi connectivity index (χ0) is 12.3. The van der Waals surface area contributed by atoms with Crippen LogP contribution < -0.4 is 4.74 Å². The predicted octanol–water partition coefficient (Wildman–Crippen LogP) is 4.04. The summed E-state index contributed by atoms with van der Waals surface area (Å²) < 4.78 is 6.08. The van der Waals surface area contributed by atoms with Gasteiger partial charge in [-0.05, 0) is 29.3 Å². The van der Waals surface area contributed by atoms with E-state index in [0.717, 1.165) is 15.6 Å². The summed E-state index contributed by atoms with van der Waals surface area (Å²) in [6.07, 6.45) is 0. The first-order valence-electron chi connectivity index (χ1n) is 5.20. The van der Waals surface area contributed by atoms with Crippen molar-refractivity contribution in [2.24, 2.45) is 0 Å². The number of ether oxygens (including phenoxy) is 1. The Balaban J connectivity index is 2.40. The summed E-state index contributed by atoms with van der Waals surface area (Å²) in [4.78, 5) is 10.9. The van der Waals surface area contributed by atoms with Gasteiger partial charge < -0.3 is 4.74 Å². The number of carbonyl (C=O) groups excluding carboxylic acids is 1. The molecule has 2 rings (SSSR count). The molecule has 17 heavy (non-hydrogen) atoms. The number of hydrogen-bond acceptors (Lipinski definition) is 2. The van der Waals surface area contributed by atoms with Gasteiger partial charge in [-0.3, -0.25) is 4.79 Å². The molecule has 0 heterocycles. The van der Waals surface area contributed by atoms with E-state index in [-0.39, 0.29) is 5.97 Å². The molecular formula is C14H11BrO2. The van der Waals surface area contributed by atoms with Crippen molar-refractivity contribution >= 4 is 21.9 Å². The Kier molecular flexibility index (Phi) is 3.59. The molecule has 2 nitrogen and oxygen atoms in total. The summed E-state index contributed by atoms with van der Waals surface area (Å²) in [7, 11) is 0. The summed E-state index contributed by atoms with van der Waals surface area (Å²) in [5.74, 6) is 0.250. The highest BCUT2D eigenvalue weighted by molar-refractivity contribution is 9.10. The van der Waals surface area contributed by atoms with Crippen molar-refractivity contribution in [3.8, 4) is 16.9 Å². The average molecular weight is 291 g/mol. The molecule has 0 aromatic heterocycles. The molecule has 0 spiro atoms. The van der Waals surface area contributed by atoms with Crippen molar-refractivity contribution in [3.63, 3.8) is 0 Å². The van der Waals surface area contributed by atoms with Crippen LogP contribution in [0, 0.1) is 0 Å². The Hall–Kier alpha value is -1.61. The van der Waals surface area contributed by atoms with Gasteiger partial charge in [-0.25, -0.2) is 0 Å². The van der Waals surface area contributed by atoms with E-state index in [4.69, 9.17) is 4.74 Å². The minimum absolute atomic E-state index is 0.311. The summed E-state index contributed by atoms with van der Waals surface area (Å²) in [5.41, 5.74) is 2.08. The van der Waals surface area contributed by atoms with Crippen molar-refractivity contribution in [1.82, 2.24) is 0 Å². The molecule has 0 fully saturated rings. The number of carbonyl (C=O) groups is 1. The van der Waals surface area contributed by atoms with Crippen LogP contribution in [-0.2, 0) is 4.79 Å². The second-order valence-electron chi connectivity index (χ2n) is 3.60. The molecule has 0 amide bonds. The lowest BCUT2D eigenvalue weighted by Crippen LogP contribution is -2.01. The van der Waals surface area contributed by atoms with Crippen LogP contribution in [0.2, 0.25) is 0 Å². The first kappa shape index (κ1) is 11.9. The summed E-state index contributed by atoms with van der Waals surface area (Å²) in [6, 6.07) is 15.4. The second kappa shape index (κ2) is 5.15. The fourth-order valence-electron chi connectivity index (χ4n) is 1.59. The van der Waals surface area contributed by atoms with Gasteiger partial charge in [0.05, 0.1) is 0 Å². The molecule has 0 aliphatic rings. The van der Waals surface area contributed by atoms with Crippen LogP contribution in [-0.4, -0.2) is 5.97 Å². The van der Waals surface area contributed by atoms with Crippen molar-refractivity contribution in [2.45, 2.75) is 6.92 Å². The fraction of sp³-hybridized carbons (Fsp3) is 0.0714. The van der Waals surface area contributed by atoms with Gasteiger partial charge >= 0.3 is 5.97 Å². The van der Waals surface area contributed by atoms with Crippen molar-refractivity contribution in [3.05, 3.63) is 53.0 Å². The Bertz CT molecular complexity index is 549. The van der Waals surface area contributed by atoms with Crippen LogP contribution in [0.5, 0.6) is 5.75 Å². The maximum atomic E-state index is 10.9. The zero-order valence-corrected chi connectivity index (χ0v) is 10.9. The summed E-state index contributed by atoms with van der Waals surface area (Å²) >= 11 is 3.50. The number of halogens is 1. The largest absolute Gasteiger partial charge is 0.427 e. The SMILES string of the molecule is CC(=O)Oc1cccc(-c2ccccc2Br)c1. The second-order valence-corrected chi connectivity index (χ2v) is 4.46. The Morgan fingerprint density at radius 1 is 1.12 bits per heavy atom. The molecule has 2 aromatic carbocycles. The molecule has 86 valence electrons. The molecule has 0 atom stereocenters. The fourth-order valence-corrected chi connectivity index (χ4v) is 2.10. The molecule has 3 heteroatoms. The minimum atomic E-state index is -0.311. The van der Waals surface area contributed by atoms with E-state index < -0.39 is 0 Å². The molecule has 0 radical (unpaired) electrons. The highest BCUT2D eigenvalue weighted by Crippen LogP contribution is 2.30. The summed E-state index contributed by atoms with van der Waals surface area (Å²) in [5, 5.41) is 0. The lowest BCUT2D eigenvalue weighted by Gasteiger charge is -2.06. The van der Waals surface area contributed by atoms with Gasteiger partial charge in [-0.2, -0.15) is 0 Å². The smallest absolute Gasteiger partial charge is 0.308 e. The van der Waals surface area contributed by atoms with Crippen LogP contribution in [0.15, 0.2) is 53.0 Å². The van der Waals surface area contributed by atoms with Crippen molar-refractivity contribution < 1.29 is 9.53 Å². The highest BCUT2D eigenvalue weighted by atomic mass is 79.9. The highest BCUT2D eigenvalue weighted by Gasteiger charge is 2.04. The first-order valence-corrected chi connectivity index (χ1v) is 5.99. The number of esters is 1. The van der Waals surface area contributed by atoms with E-state index in [2.05, 4.69) is 15.9 Å². The topological polar surface area (TPSA) is 26.3 Å². The standard InChI is InChI=1S/C14H11BrO2/c1-10(16)17-12-6-4-5-11(9-12)13-7-2-3-8-14(13)15/h2-9H,1H3. The molecule has 2 aromatic rings. The van der Waals surface area contributed by atoms with E-state index in [0.29, 0.717) is 5.75 Å². The van der Waals surface area contributed by atoms with Crippen molar-refractivity contribution in [2.75, 3.05) is 0 Å². The quantitative estimate of drug-likeness (QED) is 0.616. The monoisotopic (exact) mass is 290 g/mol. The third-order valence-electron chi connectivity index (χ3n) is 2.28. The first-order chi connectivity index (χ1) is 8.16. The Labute approximate surface area is 108 Å². The van der Waals surface area contributed by atoms with Crippen LogP contribution in [0.25, 0.3) is 11.1 Å². The number of hydrogen-bond donors (Lipinski definition) is 0. The maximum Gasteiger partial charge on any atom is 0.308 e. The maximum absolute atomic E-state index is 10.9. The lowest BCUT2D eigenvalue weighted by molar-refractivity contribution is -0.131. The molecule has 0 aliphatic carbocycles.